The molecule has 0 aliphatic carbocycles. The Bertz CT molecular complexity index is 251. The van der Waals surface area contributed by atoms with E-state index < -0.39 is 10.2 Å². The minimum atomic E-state index is -3.28. The molecule has 0 amide bonds. The number of likely N-dealkylation sites (N-methyl/N-ethyl adjacent to an activating group) is 2. The van der Waals surface area contributed by atoms with Crippen molar-refractivity contribution in [1.29, 1.82) is 0 Å². The smallest absolute Gasteiger partial charge is 0.281 e. The highest BCUT2D eigenvalue weighted by Crippen LogP contribution is 2.06. The first kappa shape index (κ1) is 13.8. The molecule has 1 N–H and O–H groups in total. The summed E-state index contributed by atoms with van der Waals surface area (Å²) >= 11 is 0. The van der Waals surface area contributed by atoms with Gasteiger partial charge in [-0.2, -0.15) is 17.0 Å². The predicted octanol–water partition coefficient (Wildman–Crippen LogP) is -0.277. The molecular weight excluding hydrogens is 202 g/mol. The van der Waals surface area contributed by atoms with Crippen LogP contribution >= 0.6 is 0 Å². The summed E-state index contributed by atoms with van der Waals surface area (Å²) in [5.41, 5.74) is 0. The van der Waals surface area contributed by atoms with E-state index in [4.69, 9.17) is 0 Å². The highest BCUT2D eigenvalue weighted by molar-refractivity contribution is 7.86. The molecule has 0 radical (unpaired) electrons. The number of nitrogens with one attached hydrogen (secondary N) is 1. The first-order valence-electron chi connectivity index (χ1n) is 4.68. The maximum Gasteiger partial charge on any atom is 0.281 e. The van der Waals surface area contributed by atoms with E-state index in [2.05, 4.69) is 5.32 Å². The molecule has 0 aromatic carbocycles. The molecule has 14 heavy (non-hydrogen) atoms. The fourth-order valence-corrected chi connectivity index (χ4v) is 2.17. The van der Waals surface area contributed by atoms with Crippen LogP contribution in [0, 0.1) is 0 Å². The predicted molar refractivity (Wildman–Crippen MR) is 58.4 cm³/mol. The van der Waals surface area contributed by atoms with E-state index in [0.29, 0.717) is 13.1 Å². The van der Waals surface area contributed by atoms with Gasteiger partial charge in [0.05, 0.1) is 0 Å². The summed E-state index contributed by atoms with van der Waals surface area (Å²) in [6.45, 7) is 4.84. The number of rotatable bonds is 6. The molecule has 0 fully saturated rings. The lowest BCUT2D eigenvalue weighted by atomic mass is 10.4. The van der Waals surface area contributed by atoms with Crippen LogP contribution in [-0.4, -0.2) is 57.3 Å². The zero-order valence-electron chi connectivity index (χ0n) is 9.61. The van der Waals surface area contributed by atoms with E-state index in [1.165, 1.54) is 8.61 Å². The van der Waals surface area contributed by atoms with Gasteiger partial charge in [0.25, 0.3) is 10.2 Å². The van der Waals surface area contributed by atoms with Gasteiger partial charge in [-0.1, -0.05) is 0 Å². The Labute approximate surface area is 87.3 Å². The number of nitrogens with zero attached hydrogens (tertiary/aromatic N) is 2. The van der Waals surface area contributed by atoms with Crippen molar-refractivity contribution < 1.29 is 8.42 Å². The minimum Gasteiger partial charge on any atom is -0.318 e. The largest absolute Gasteiger partial charge is 0.318 e. The summed E-state index contributed by atoms with van der Waals surface area (Å²) in [6, 6.07) is -0.0166. The highest BCUT2D eigenvalue weighted by Gasteiger charge is 2.24. The number of hydrogen-bond acceptors (Lipinski definition) is 3. The monoisotopic (exact) mass is 223 g/mol. The minimum absolute atomic E-state index is 0.0166. The summed E-state index contributed by atoms with van der Waals surface area (Å²) in [5.74, 6) is 0. The molecule has 0 spiro atoms. The van der Waals surface area contributed by atoms with Crippen LogP contribution in [0.4, 0.5) is 0 Å². The maximum absolute atomic E-state index is 11.8. The molecule has 0 aromatic rings. The van der Waals surface area contributed by atoms with Crippen molar-refractivity contribution in [2.75, 3.05) is 34.2 Å². The summed E-state index contributed by atoms with van der Waals surface area (Å²) in [4.78, 5) is 0. The Balaban J connectivity index is 4.45. The molecule has 0 aliphatic heterocycles. The molecule has 0 saturated carbocycles. The van der Waals surface area contributed by atoms with Crippen molar-refractivity contribution in [3.63, 3.8) is 0 Å². The van der Waals surface area contributed by atoms with E-state index >= 15 is 0 Å². The molecule has 0 rings (SSSR count). The van der Waals surface area contributed by atoms with Gasteiger partial charge in [0.1, 0.15) is 0 Å². The molecule has 0 bridgehead atoms. The topological polar surface area (TPSA) is 52.7 Å². The first-order valence-corrected chi connectivity index (χ1v) is 6.07. The van der Waals surface area contributed by atoms with Gasteiger partial charge in [-0.25, -0.2) is 0 Å². The van der Waals surface area contributed by atoms with Crippen LogP contribution in [0.25, 0.3) is 0 Å². The lowest BCUT2D eigenvalue weighted by molar-refractivity contribution is 0.357. The quantitative estimate of drug-likeness (QED) is 0.674. The van der Waals surface area contributed by atoms with Gasteiger partial charge in [-0.05, 0) is 20.9 Å². The van der Waals surface area contributed by atoms with Crippen molar-refractivity contribution in [3.05, 3.63) is 0 Å². The van der Waals surface area contributed by atoms with Gasteiger partial charge in [0.15, 0.2) is 0 Å². The molecule has 5 nitrogen and oxygen atoms in total. The third kappa shape index (κ3) is 3.53. The fourth-order valence-electron chi connectivity index (χ4n) is 0.871. The van der Waals surface area contributed by atoms with Crippen molar-refractivity contribution in [3.8, 4) is 0 Å². The van der Waals surface area contributed by atoms with Crippen LogP contribution in [0.3, 0.4) is 0 Å². The molecule has 0 unspecified atom stereocenters. The molecule has 0 heterocycles. The van der Waals surface area contributed by atoms with E-state index in [1.54, 1.807) is 21.1 Å². The van der Waals surface area contributed by atoms with Crippen LogP contribution in [0.2, 0.25) is 0 Å². The average Bonchev–Trinajstić information content (AvgIpc) is 2.12. The standard InChI is InChI=1S/C8H21N3O2S/c1-8(2)11(5)14(12,13)10(4)7-6-9-3/h8-9H,6-7H2,1-5H3. The molecular formula is C8H21N3O2S. The Kier molecular flexibility index (Phi) is 5.58. The van der Waals surface area contributed by atoms with Gasteiger partial charge in [-0.15, -0.1) is 0 Å². The summed E-state index contributed by atoms with van der Waals surface area (Å²) in [7, 11) is 1.70. The normalized spacial score (nSPS) is 13.1. The summed E-state index contributed by atoms with van der Waals surface area (Å²) in [6.07, 6.45) is 0. The van der Waals surface area contributed by atoms with Gasteiger partial charge < -0.3 is 5.32 Å². The average molecular weight is 223 g/mol. The molecule has 0 atom stereocenters. The van der Waals surface area contributed by atoms with Crippen molar-refractivity contribution in [1.82, 2.24) is 13.9 Å². The van der Waals surface area contributed by atoms with Crippen LogP contribution in [-0.2, 0) is 10.2 Å². The van der Waals surface area contributed by atoms with E-state index in [1.807, 2.05) is 13.8 Å². The highest BCUT2D eigenvalue weighted by atomic mass is 32.2. The zero-order chi connectivity index (χ0) is 11.4. The van der Waals surface area contributed by atoms with Gasteiger partial charge in [0, 0.05) is 33.2 Å². The Hall–Kier alpha value is -0.170. The Morgan fingerprint density at radius 1 is 1.29 bits per heavy atom. The van der Waals surface area contributed by atoms with Crippen molar-refractivity contribution in [2.24, 2.45) is 0 Å². The van der Waals surface area contributed by atoms with E-state index in [9.17, 15) is 8.42 Å². The molecule has 0 aliphatic rings. The van der Waals surface area contributed by atoms with Crippen LogP contribution < -0.4 is 5.32 Å². The molecule has 86 valence electrons. The lowest BCUT2D eigenvalue weighted by Crippen LogP contribution is -2.44. The van der Waals surface area contributed by atoms with Crippen LogP contribution in [0.1, 0.15) is 13.8 Å². The lowest BCUT2D eigenvalue weighted by Gasteiger charge is -2.26. The van der Waals surface area contributed by atoms with Gasteiger partial charge >= 0.3 is 0 Å². The zero-order valence-corrected chi connectivity index (χ0v) is 10.4. The van der Waals surface area contributed by atoms with Crippen LogP contribution in [0.5, 0.6) is 0 Å². The second kappa shape index (κ2) is 5.65. The fraction of sp³-hybridized carbons (Fsp3) is 1.00. The summed E-state index contributed by atoms with van der Waals surface area (Å²) < 4.78 is 26.3. The van der Waals surface area contributed by atoms with Gasteiger partial charge in [0.2, 0.25) is 0 Å². The van der Waals surface area contributed by atoms with Crippen molar-refractivity contribution >= 4 is 10.2 Å². The molecule has 0 saturated heterocycles. The Morgan fingerprint density at radius 3 is 2.14 bits per heavy atom. The van der Waals surface area contributed by atoms with Crippen LogP contribution in [0.15, 0.2) is 0 Å². The summed E-state index contributed by atoms with van der Waals surface area (Å²) in [5, 5.41) is 2.91. The SMILES string of the molecule is CNCCN(C)S(=O)(=O)N(C)C(C)C. The number of hydrogen-bond donors (Lipinski definition) is 1. The van der Waals surface area contributed by atoms with E-state index in [-0.39, 0.29) is 6.04 Å². The molecule has 6 heteroatoms. The Morgan fingerprint density at radius 2 is 1.79 bits per heavy atom. The second-order valence-corrected chi connectivity index (χ2v) is 5.64. The second-order valence-electron chi connectivity index (χ2n) is 3.54. The maximum atomic E-state index is 11.8. The third-order valence-electron chi connectivity index (χ3n) is 2.16. The van der Waals surface area contributed by atoms with Gasteiger partial charge in [-0.3, -0.25) is 0 Å². The van der Waals surface area contributed by atoms with Crippen molar-refractivity contribution in [2.45, 2.75) is 19.9 Å². The molecule has 0 aromatic heterocycles. The van der Waals surface area contributed by atoms with E-state index in [0.717, 1.165) is 0 Å². The third-order valence-corrected chi connectivity index (χ3v) is 4.28. The first-order chi connectivity index (χ1) is 6.34.